The van der Waals surface area contributed by atoms with Crippen molar-refractivity contribution in [3.63, 3.8) is 0 Å². The molecule has 120 valence electrons. The first-order valence-electron chi connectivity index (χ1n) is 7.15. The number of aromatic nitrogens is 1. The number of rotatable bonds is 4. The quantitative estimate of drug-likeness (QED) is 0.665. The fourth-order valence-electron chi connectivity index (χ4n) is 2.10. The van der Waals surface area contributed by atoms with Gasteiger partial charge >= 0.3 is 0 Å². The maximum atomic E-state index is 12.9. The highest BCUT2D eigenvalue weighted by atomic mass is 79.9. The van der Waals surface area contributed by atoms with E-state index in [1.807, 2.05) is 24.3 Å². The molecule has 0 bridgehead atoms. The van der Waals surface area contributed by atoms with Crippen LogP contribution in [0.5, 0.6) is 0 Å². The minimum atomic E-state index is -0.352. The molecule has 0 fully saturated rings. The average Bonchev–Trinajstić information content (AvgIpc) is 2.57. The second-order valence-corrected chi connectivity index (χ2v) is 5.97. The summed E-state index contributed by atoms with van der Waals surface area (Å²) < 4.78 is 13.9. The summed E-state index contributed by atoms with van der Waals surface area (Å²) in [6.45, 7) is 0. The lowest BCUT2D eigenvalue weighted by atomic mass is 10.2. The summed E-state index contributed by atoms with van der Waals surface area (Å²) in [5.74, 6) is -0.665. The number of hydrogen-bond donors (Lipinski definition) is 2. The van der Waals surface area contributed by atoms with Gasteiger partial charge in [0.05, 0.1) is 17.4 Å². The van der Waals surface area contributed by atoms with E-state index < -0.39 is 0 Å². The van der Waals surface area contributed by atoms with Gasteiger partial charge in [-0.15, -0.1) is 0 Å². The molecule has 3 aromatic rings. The van der Waals surface area contributed by atoms with E-state index in [1.165, 1.54) is 30.5 Å². The Morgan fingerprint density at radius 2 is 1.75 bits per heavy atom. The molecule has 6 heteroatoms. The highest BCUT2D eigenvalue weighted by Crippen LogP contribution is 2.21. The van der Waals surface area contributed by atoms with Crippen molar-refractivity contribution in [3.8, 4) is 0 Å². The SMILES string of the molecule is O=C(Nc1ccc(F)cc1)c1cncc(Nc2cccc(Br)c2)c1. The van der Waals surface area contributed by atoms with E-state index in [4.69, 9.17) is 0 Å². The zero-order valence-corrected chi connectivity index (χ0v) is 14.0. The van der Waals surface area contributed by atoms with Crippen molar-refractivity contribution in [3.05, 3.63) is 82.8 Å². The van der Waals surface area contributed by atoms with Gasteiger partial charge in [-0.05, 0) is 48.5 Å². The smallest absolute Gasteiger partial charge is 0.257 e. The maximum Gasteiger partial charge on any atom is 0.257 e. The van der Waals surface area contributed by atoms with Gasteiger partial charge < -0.3 is 10.6 Å². The van der Waals surface area contributed by atoms with Crippen molar-refractivity contribution in [1.82, 2.24) is 4.98 Å². The molecule has 1 amide bonds. The number of amides is 1. The van der Waals surface area contributed by atoms with Gasteiger partial charge in [0, 0.05) is 22.0 Å². The molecule has 3 rings (SSSR count). The molecule has 0 spiro atoms. The Hall–Kier alpha value is -2.73. The summed E-state index contributed by atoms with van der Waals surface area (Å²) >= 11 is 3.41. The fraction of sp³-hybridized carbons (Fsp3) is 0. The normalized spacial score (nSPS) is 10.2. The Bertz CT molecular complexity index is 868. The molecule has 0 unspecified atom stereocenters. The third-order valence-electron chi connectivity index (χ3n) is 3.22. The molecule has 0 aliphatic rings. The molecular weight excluding hydrogens is 373 g/mol. The van der Waals surface area contributed by atoms with Crippen LogP contribution in [0.3, 0.4) is 0 Å². The van der Waals surface area contributed by atoms with Crippen LogP contribution < -0.4 is 10.6 Å². The van der Waals surface area contributed by atoms with Gasteiger partial charge in [-0.25, -0.2) is 4.39 Å². The lowest BCUT2D eigenvalue weighted by Crippen LogP contribution is -2.12. The van der Waals surface area contributed by atoms with Gasteiger partial charge in [0.15, 0.2) is 0 Å². The van der Waals surface area contributed by atoms with Gasteiger partial charge in [-0.2, -0.15) is 0 Å². The van der Waals surface area contributed by atoms with Crippen molar-refractivity contribution >= 4 is 38.9 Å². The van der Waals surface area contributed by atoms with Crippen molar-refractivity contribution in [1.29, 1.82) is 0 Å². The molecule has 4 nitrogen and oxygen atoms in total. The van der Waals surface area contributed by atoms with E-state index in [0.29, 0.717) is 16.9 Å². The number of hydrogen-bond acceptors (Lipinski definition) is 3. The number of benzene rings is 2. The van der Waals surface area contributed by atoms with Crippen LogP contribution in [0, 0.1) is 5.82 Å². The molecule has 0 aliphatic carbocycles. The van der Waals surface area contributed by atoms with Crippen LogP contribution in [-0.2, 0) is 0 Å². The van der Waals surface area contributed by atoms with Crippen molar-refractivity contribution in [2.75, 3.05) is 10.6 Å². The molecular formula is C18H13BrFN3O. The number of carbonyl (C=O) groups is 1. The molecule has 0 saturated carbocycles. The van der Waals surface area contributed by atoms with Gasteiger partial charge in [0.1, 0.15) is 5.82 Å². The van der Waals surface area contributed by atoms with Crippen LogP contribution in [0.25, 0.3) is 0 Å². The largest absolute Gasteiger partial charge is 0.354 e. The predicted molar refractivity (Wildman–Crippen MR) is 96.0 cm³/mol. The van der Waals surface area contributed by atoms with Gasteiger partial charge in [0.25, 0.3) is 5.91 Å². The molecule has 1 aromatic heterocycles. The van der Waals surface area contributed by atoms with Gasteiger partial charge in [-0.3, -0.25) is 9.78 Å². The number of nitrogens with zero attached hydrogens (tertiary/aromatic N) is 1. The second kappa shape index (κ2) is 7.23. The molecule has 0 atom stereocenters. The second-order valence-electron chi connectivity index (χ2n) is 5.06. The Morgan fingerprint density at radius 3 is 2.50 bits per heavy atom. The topological polar surface area (TPSA) is 54.0 Å². The van der Waals surface area contributed by atoms with Crippen molar-refractivity contribution < 1.29 is 9.18 Å². The van der Waals surface area contributed by atoms with E-state index in [-0.39, 0.29) is 11.7 Å². The Kier molecular flexibility index (Phi) is 4.86. The zero-order chi connectivity index (χ0) is 16.9. The lowest BCUT2D eigenvalue weighted by molar-refractivity contribution is 0.102. The molecule has 1 heterocycles. The van der Waals surface area contributed by atoms with E-state index in [1.54, 1.807) is 12.3 Å². The average molecular weight is 386 g/mol. The Balaban J connectivity index is 1.74. The van der Waals surface area contributed by atoms with Gasteiger partial charge in [0.2, 0.25) is 0 Å². The molecule has 0 saturated heterocycles. The van der Waals surface area contributed by atoms with Crippen LogP contribution in [0.15, 0.2) is 71.5 Å². The third-order valence-corrected chi connectivity index (χ3v) is 3.71. The van der Waals surface area contributed by atoms with Crippen LogP contribution >= 0.6 is 15.9 Å². The summed E-state index contributed by atoms with van der Waals surface area (Å²) in [6, 6.07) is 15.0. The minimum Gasteiger partial charge on any atom is -0.354 e. The van der Waals surface area contributed by atoms with Crippen LogP contribution in [0.4, 0.5) is 21.5 Å². The number of pyridine rings is 1. The molecule has 2 aromatic carbocycles. The molecule has 0 radical (unpaired) electrons. The van der Waals surface area contributed by atoms with E-state index in [9.17, 15) is 9.18 Å². The summed E-state index contributed by atoms with van der Waals surface area (Å²) in [6.07, 6.45) is 3.11. The number of halogens is 2. The van der Waals surface area contributed by atoms with Crippen molar-refractivity contribution in [2.45, 2.75) is 0 Å². The zero-order valence-electron chi connectivity index (χ0n) is 12.5. The number of nitrogens with one attached hydrogen (secondary N) is 2. The predicted octanol–water partition coefficient (Wildman–Crippen LogP) is 4.98. The minimum absolute atomic E-state index is 0.313. The maximum absolute atomic E-state index is 12.9. The van der Waals surface area contributed by atoms with E-state index in [0.717, 1.165) is 10.2 Å². The standard InChI is InChI=1S/C18H13BrFN3O/c19-13-2-1-3-16(9-13)22-17-8-12(10-21-11-17)18(24)23-15-6-4-14(20)5-7-15/h1-11,22H,(H,23,24). The lowest BCUT2D eigenvalue weighted by Gasteiger charge is -2.09. The number of carbonyl (C=O) groups excluding carboxylic acids is 1. The Labute approximate surface area is 146 Å². The van der Waals surface area contributed by atoms with Crippen LogP contribution in [-0.4, -0.2) is 10.9 Å². The van der Waals surface area contributed by atoms with Crippen molar-refractivity contribution in [2.24, 2.45) is 0 Å². The Morgan fingerprint density at radius 1 is 0.958 bits per heavy atom. The monoisotopic (exact) mass is 385 g/mol. The van der Waals surface area contributed by atoms with Gasteiger partial charge in [-0.1, -0.05) is 22.0 Å². The first kappa shape index (κ1) is 16.1. The molecule has 0 aliphatic heterocycles. The highest BCUT2D eigenvalue weighted by molar-refractivity contribution is 9.10. The highest BCUT2D eigenvalue weighted by Gasteiger charge is 2.08. The van der Waals surface area contributed by atoms with E-state index >= 15 is 0 Å². The molecule has 2 N–H and O–H groups in total. The summed E-state index contributed by atoms with van der Waals surface area (Å²) in [5.41, 5.74) is 2.49. The first-order chi connectivity index (χ1) is 11.6. The fourth-order valence-corrected chi connectivity index (χ4v) is 2.50. The third kappa shape index (κ3) is 4.17. The summed E-state index contributed by atoms with van der Waals surface area (Å²) in [5, 5.41) is 5.89. The first-order valence-corrected chi connectivity index (χ1v) is 7.94. The van der Waals surface area contributed by atoms with Crippen LogP contribution in [0.1, 0.15) is 10.4 Å². The van der Waals surface area contributed by atoms with E-state index in [2.05, 4.69) is 31.5 Å². The number of anilines is 3. The summed E-state index contributed by atoms with van der Waals surface area (Å²) in [4.78, 5) is 16.4. The van der Waals surface area contributed by atoms with Crippen LogP contribution in [0.2, 0.25) is 0 Å². The molecule has 24 heavy (non-hydrogen) atoms. The summed E-state index contributed by atoms with van der Waals surface area (Å²) in [7, 11) is 0.